The first kappa shape index (κ1) is 11.0. The third-order valence-electron chi connectivity index (χ3n) is 0.903. The van der Waals surface area contributed by atoms with E-state index in [1.54, 1.807) is 6.92 Å². The van der Waals surface area contributed by atoms with Crippen molar-refractivity contribution in [2.75, 3.05) is 0 Å². The van der Waals surface area contributed by atoms with E-state index < -0.39 is 11.1 Å². The van der Waals surface area contributed by atoms with Crippen LogP contribution in [-0.2, 0) is 11.1 Å². The Morgan fingerprint density at radius 2 is 2.12 bits per heavy atom. The maximum Gasteiger partial charge on any atom is 0.0184 e. The lowest BCUT2D eigenvalue weighted by Crippen LogP contribution is -2.06. The lowest BCUT2D eigenvalue weighted by atomic mass is 10.4. The normalized spacial score (nSPS) is 16.4. The van der Waals surface area contributed by atoms with E-state index in [1.807, 2.05) is 6.92 Å². The monoisotopic (exact) mass is 137 g/mol. The maximum atomic E-state index is 9.93. The number of hydrogen-bond donors (Lipinski definition) is 0. The first-order valence-corrected chi connectivity index (χ1v) is 3.40. The van der Waals surface area contributed by atoms with Gasteiger partial charge in [-0.1, -0.05) is 32.4 Å². The Bertz CT molecular complexity index is 72.8. The Morgan fingerprint density at radius 1 is 1.75 bits per heavy atom. The highest BCUT2D eigenvalue weighted by molar-refractivity contribution is 7.79. The molecule has 2 nitrogen and oxygen atoms in total. The molecule has 0 bridgehead atoms. The van der Waals surface area contributed by atoms with Crippen molar-refractivity contribution in [1.82, 2.24) is 0 Å². The van der Waals surface area contributed by atoms with Crippen molar-refractivity contribution in [3.8, 4) is 0 Å². The average Bonchev–Trinajstić information content (AvgIpc) is 1.65. The predicted octanol–water partition coefficient (Wildman–Crippen LogP) is 1.30. The largest absolute Gasteiger partial charge is 0.772 e. The average molecular weight is 137 g/mol. The summed E-state index contributed by atoms with van der Waals surface area (Å²) in [5.74, 6) is 0. The summed E-state index contributed by atoms with van der Waals surface area (Å²) in [6, 6.07) is 0. The summed E-state index contributed by atoms with van der Waals surface area (Å²) >= 11 is -1.86. The molecule has 0 heterocycles. The fraction of sp³-hybridized carbons (Fsp3) is 1.00. The molecule has 0 N–H and O–H groups in total. The molecule has 0 aromatic carbocycles. The smallest absolute Gasteiger partial charge is 0.0184 e. The lowest BCUT2D eigenvalue weighted by molar-refractivity contribution is 0.523. The summed E-state index contributed by atoms with van der Waals surface area (Å²) in [5.41, 5.74) is 0. The minimum atomic E-state index is -1.86. The van der Waals surface area contributed by atoms with Crippen molar-refractivity contribution < 1.29 is 8.76 Å². The van der Waals surface area contributed by atoms with Crippen LogP contribution in [-0.4, -0.2) is 14.0 Å². The van der Waals surface area contributed by atoms with E-state index in [2.05, 4.69) is 0 Å². The van der Waals surface area contributed by atoms with Gasteiger partial charge < -0.3 is 4.55 Å². The minimum Gasteiger partial charge on any atom is -0.772 e. The molecule has 0 saturated carbocycles. The van der Waals surface area contributed by atoms with Gasteiger partial charge in [0.25, 0.3) is 0 Å². The van der Waals surface area contributed by atoms with Crippen LogP contribution >= 0.6 is 0 Å². The van der Waals surface area contributed by atoms with Gasteiger partial charge in [0.15, 0.2) is 0 Å². The highest BCUT2D eigenvalue weighted by Crippen LogP contribution is 1.94. The third-order valence-corrected chi connectivity index (χ3v) is 1.89. The van der Waals surface area contributed by atoms with Gasteiger partial charge in [-0.3, -0.25) is 4.21 Å². The molecule has 2 atom stereocenters. The number of hydrogen-bond acceptors (Lipinski definition) is 2. The Hall–Kier alpha value is 0.110. The number of rotatable bonds is 2. The molecule has 2 unspecified atom stereocenters. The highest BCUT2D eigenvalue weighted by Gasteiger charge is 1.93. The van der Waals surface area contributed by atoms with E-state index in [4.69, 9.17) is 0 Å². The lowest BCUT2D eigenvalue weighted by Gasteiger charge is -2.10. The Morgan fingerprint density at radius 3 is 2.12 bits per heavy atom. The van der Waals surface area contributed by atoms with E-state index in [9.17, 15) is 8.76 Å². The van der Waals surface area contributed by atoms with Crippen LogP contribution in [0.2, 0.25) is 0 Å². The highest BCUT2D eigenvalue weighted by atomic mass is 32.2. The Kier molecular flexibility index (Phi) is 7.21. The van der Waals surface area contributed by atoms with Gasteiger partial charge >= 0.3 is 0 Å². The molecule has 0 radical (unpaired) electrons. The van der Waals surface area contributed by atoms with E-state index in [0.717, 1.165) is 0 Å². The molecule has 0 aliphatic heterocycles. The molecule has 0 rings (SSSR count). The Balaban J connectivity index is 0. The van der Waals surface area contributed by atoms with Crippen LogP contribution in [0.5, 0.6) is 0 Å². The van der Waals surface area contributed by atoms with Gasteiger partial charge in [0, 0.05) is 5.25 Å². The fourth-order valence-electron chi connectivity index (χ4n) is 0.136. The second-order valence-corrected chi connectivity index (χ2v) is 2.81. The molecule has 52 valence electrons. The molecule has 0 aromatic heterocycles. The van der Waals surface area contributed by atoms with Crippen LogP contribution in [0.25, 0.3) is 0 Å². The van der Waals surface area contributed by atoms with Crippen LogP contribution in [0, 0.1) is 0 Å². The quantitative estimate of drug-likeness (QED) is 0.538. The molecule has 3 heteroatoms. The van der Waals surface area contributed by atoms with Crippen molar-refractivity contribution in [3.05, 3.63) is 0 Å². The molecule has 0 amide bonds. The second-order valence-electron chi connectivity index (χ2n) is 1.48. The molecule has 0 aliphatic rings. The van der Waals surface area contributed by atoms with E-state index in [-0.39, 0.29) is 12.7 Å². The molecule has 8 heavy (non-hydrogen) atoms. The molecule has 0 fully saturated rings. The second kappa shape index (κ2) is 5.25. The summed E-state index contributed by atoms with van der Waals surface area (Å²) < 4.78 is 19.9. The van der Waals surface area contributed by atoms with Crippen molar-refractivity contribution in [2.24, 2.45) is 0 Å². The van der Waals surface area contributed by atoms with Crippen LogP contribution in [0.3, 0.4) is 0 Å². The summed E-state index contributed by atoms with van der Waals surface area (Å²) in [6.07, 6.45) is 0.704. The van der Waals surface area contributed by atoms with Gasteiger partial charge in [-0.2, -0.15) is 0 Å². The van der Waals surface area contributed by atoms with E-state index in [0.29, 0.717) is 6.42 Å². The van der Waals surface area contributed by atoms with Crippen LogP contribution in [0.1, 0.15) is 27.7 Å². The van der Waals surface area contributed by atoms with Gasteiger partial charge in [0.2, 0.25) is 0 Å². The first-order valence-electron chi connectivity index (χ1n) is 2.26. The SMILES string of the molecule is C.CCC(C)S(=O)[O-]. The van der Waals surface area contributed by atoms with Crippen LogP contribution in [0.15, 0.2) is 0 Å². The van der Waals surface area contributed by atoms with Crippen LogP contribution < -0.4 is 0 Å². The van der Waals surface area contributed by atoms with Gasteiger partial charge in [-0.05, 0) is 6.42 Å². The zero-order valence-electron chi connectivity index (χ0n) is 4.51. The topological polar surface area (TPSA) is 40.1 Å². The molecule has 0 saturated heterocycles. The maximum absolute atomic E-state index is 9.93. The zero-order valence-corrected chi connectivity index (χ0v) is 5.33. The summed E-state index contributed by atoms with van der Waals surface area (Å²) in [4.78, 5) is 0. The van der Waals surface area contributed by atoms with Crippen molar-refractivity contribution in [3.63, 3.8) is 0 Å². The zero-order chi connectivity index (χ0) is 5.86. The minimum absolute atomic E-state index is 0. The molecular weight excluding hydrogens is 124 g/mol. The van der Waals surface area contributed by atoms with Crippen LogP contribution in [0.4, 0.5) is 0 Å². The molecule has 0 aliphatic carbocycles. The summed E-state index contributed by atoms with van der Waals surface area (Å²) in [6.45, 7) is 3.53. The van der Waals surface area contributed by atoms with Crippen molar-refractivity contribution in [1.29, 1.82) is 0 Å². The molecule has 0 aromatic rings. The van der Waals surface area contributed by atoms with E-state index in [1.165, 1.54) is 0 Å². The first-order chi connectivity index (χ1) is 3.18. The van der Waals surface area contributed by atoms with Crippen molar-refractivity contribution in [2.45, 2.75) is 32.9 Å². The predicted molar refractivity (Wildman–Crippen MR) is 35.4 cm³/mol. The standard InChI is InChI=1S/C4H10O2S.CH4/c1-3-4(2)7(5)6;/h4H,3H2,1-2H3,(H,5,6);1H4/p-1. The summed E-state index contributed by atoms with van der Waals surface area (Å²) in [5, 5.41) is -0.181. The van der Waals surface area contributed by atoms with Gasteiger partial charge in [-0.25, -0.2) is 0 Å². The Labute approximate surface area is 53.6 Å². The fourth-order valence-corrected chi connectivity index (χ4v) is 0.408. The third kappa shape index (κ3) is 4.27. The van der Waals surface area contributed by atoms with Crippen molar-refractivity contribution >= 4 is 11.1 Å². The van der Waals surface area contributed by atoms with Gasteiger partial charge in [0.1, 0.15) is 0 Å². The molecular formula is C5H13O2S-. The van der Waals surface area contributed by atoms with Gasteiger partial charge in [0.05, 0.1) is 0 Å². The van der Waals surface area contributed by atoms with Gasteiger partial charge in [-0.15, -0.1) is 0 Å². The van der Waals surface area contributed by atoms with E-state index >= 15 is 0 Å². The molecule has 0 spiro atoms. The summed E-state index contributed by atoms with van der Waals surface area (Å²) in [7, 11) is 0.